The summed E-state index contributed by atoms with van der Waals surface area (Å²) in [5.41, 5.74) is 0.348. The van der Waals surface area contributed by atoms with Gasteiger partial charge in [-0.3, -0.25) is 10.1 Å². The van der Waals surface area contributed by atoms with Gasteiger partial charge in [0.2, 0.25) is 0 Å². The van der Waals surface area contributed by atoms with Crippen LogP contribution in [0.15, 0.2) is 18.2 Å². The van der Waals surface area contributed by atoms with E-state index in [2.05, 4.69) is 26.0 Å². The van der Waals surface area contributed by atoms with Crippen LogP contribution in [0, 0.1) is 5.82 Å². The van der Waals surface area contributed by atoms with Crippen LogP contribution in [0.25, 0.3) is 0 Å². The van der Waals surface area contributed by atoms with E-state index in [1.807, 2.05) is 6.92 Å². The lowest BCUT2D eigenvalue weighted by molar-refractivity contribution is 0.102. The van der Waals surface area contributed by atoms with E-state index in [9.17, 15) is 9.18 Å². The molecule has 0 saturated carbocycles. The fourth-order valence-electron chi connectivity index (χ4n) is 1.57. The smallest absolute Gasteiger partial charge is 0.270 e. The maximum Gasteiger partial charge on any atom is 0.270 e. The van der Waals surface area contributed by atoms with Crippen molar-refractivity contribution in [1.82, 2.24) is 20.2 Å². The molecule has 100 valence electrons. The van der Waals surface area contributed by atoms with Gasteiger partial charge in [-0.15, -0.1) is 5.10 Å². The molecule has 8 heteroatoms. The Balaban J connectivity index is 2.25. The molecule has 19 heavy (non-hydrogen) atoms. The fraction of sp³-hybridized carbons (Fsp3) is 0.273. The van der Waals surface area contributed by atoms with Gasteiger partial charge in [0.25, 0.3) is 11.9 Å². The van der Waals surface area contributed by atoms with Gasteiger partial charge in [-0.05, 0) is 24.3 Å². The highest BCUT2D eigenvalue weighted by molar-refractivity contribution is 6.07. The number of nitrogens with zero attached hydrogens (tertiary/aromatic N) is 4. The normalized spacial score (nSPS) is 10.3. The van der Waals surface area contributed by atoms with E-state index in [0.29, 0.717) is 6.54 Å². The van der Waals surface area contributed by atoms with Gasteiger partial charge in [-0.1, -0.05) is 11.2 Å². The van der Waals surface area contributed by atoms with Crippen molar-refractivity contribution < 1.29 is 9.18 Å². The number of anilines is 2. The first kappa shape index (κ1) is 12.9. The van der Waals surface area contributed by atoms with Crippen molar-refractivity contribution in [3.05, 3.63) is 29.6 Å². The Bertz CT molecular complexity index is 597. The summed E-state index contributed by atoms with van der Waals surface area (Å²) < 4.78 is 13.7. The van der Waals surface area contributed by atoms with Crippen LogP contribution in [0.5, 0.6) is 0 Å². The SMILES string of the molecule is CCNc1c(F)cccc1C(=O)Nc1nnn(C)n1. The van der Waals surface area contributed by atoms with Crippen LogP contribution in [0.1, 0.15) is 17.3 Å². The number of benzene rings is 1. The lowest BCUT2D eigenvalue weighted by Crippen LogP contribution is -2.16. The molecule has 0 unspecified atom stereocenters. The van der Waals surface area contributed by atoms with E-state index >= 15 is 0 Å². The average Bonchev–Trinajstić information content (AvgIpc) is 2.77. The number of nitrogens with one attached hydrogen (secondary N) is 2. The number of hydrogen-bond donors (Lipinski definition) is 2. The Morgan fingerprint density at radius 1 is 1.47 bits per heavy atom. The van der Waals surface area contributed by atoms with Gasteiger partial charge in [0.05, 0.1) is 18.3 Å². The second-order valence-electron chi connectivity index (χ2n) is 3.75. The van der Waals surface area contributed by atoms with Crippen LogP contribution < -0.4 is 10.6 Å². The number of halogens is 1. The molecule has 0 radical (unpaired) electrons. The van der Waals surface area contributed by atoms with Gasteiger partial charge in [0, 0.05) is 6.54 Å². The third-order valence-corrected chi connectivity index (χ3v) is 2.35. The number of carbonyl (C=O) groups is 1. The predicted molar refractivity (Wildman–Crippen MR) is 67.3 cm³/mol. The molecule has 0 saturated heterocycles. The number of tetrazole rings is 1. The molecular weight excluding hydrogens is 251 g/mol. The lowest BCUT2D eigenvalue weighted by Gasteiger charge is -2.10. The van der Waals surface area contributed by atoms with E-state index in [1.54, 1.807) is 7.05 Å². The first-order valence-electron chi connectivity index (χ1n) is 5.69. The van der Waals surface area contributed by atoms with Crippen molar-refractivity contribution in [1.29, 1.82) is 0 Å². The second kappa shape index (κ2) is 5.42. The number of rotatable bonds is 4. The van der Waals surface area contributed by atoms with E-state index < -0.39 is 11.7 Å². The Hall–Kier alpha value is -2.51. The first-order chi connectivity index (χ1) is 9.11. The molecule has 0 fully saturated rings. The van der Waals surface area contributed by atoms with Crippen LogP contribution in [0.2, 0.25) is 0 Å². The van der Waals surface area contributed by atoms with Crippen LogP contribution in [0.3, 0.4) is 0 Å². The summed E-state index contributed by atoms with van der Waals surface area (Å²) in [4.78, 5) is 13.3. The Kier molecular flexibility index (Phi) is 3.69. The molecule has 0 spiro atoms. The van der Waals surface area contributed by atoms with Gasteiger partial charge in [0.1, 0.15) is 5.82 Å². The zero-order valence-corrected chi connectivity index (χ0v) is 10.5. The standard InChI is InChI=1S/C11H13FN6O/c1-3-13-9-7(5-4-6-8(9)12)10(19)14-11-15-17-18(2)16-11/h4-6,13H,3H2,1-2H3,(H,14,16,19). The summed E-state index contributed by atoms with van der Waals surface area (Å²) in [6.07, 6.45) is 0. The van der Waals surface area contributed by atoms with Gasteiger partial charge < -0.3 is 5.32 Å². The molecule has 2 rings (SSSR count). The second-order valence-corrected chi connectivity index (χ2v) is 3.75. The van der Waals surface area contributed by atoms with E-state index in [4.69, 9.17) is 0 Å². The minimum atomic E-state index is -0.497. The van der Waals surface area contributed by atoms with Crippen LogP contribution in [0.4, 0.5) is 16.0 Å². The van der Waals surface area contributed by atoms with Gasteiger partial charge in [0.15, 0.2) is 0 Å². The first-order valence-corrected chi connectivity index (χ1v) is 5.69. The molecule has 7 nitrogen and oxygen atoms in total. The van der Waals surface area contributed by atoms with Gasteiger partial charge >= 0.3 is 0 Å². The number of para-hydroxylation sites is 1. The minimum absolute atomic E-state index is 0.0687. The molecule has 1 aromatic carbocycles. The van der Waals surface area contributed by atoms with Gasteiger partial charge in [-0.2, -0.15) is 4.80 Å². The lowest BCUT2D eigenvalue weighted by atomic mass is 10.1. The summed E-state index contributed by atoms with van der Waals surface area (Å²) >= 11 is 0. The molecule has 1 aromatic heterocycles. The molecule has 1 heterocycles. The summed E-state index contributed by atoms with van der Waals surface area (Å²) in [6.45, 7) is 2.32. The number of hydrogen-bond acceptors (Lipinski definition) is 5. The monoisotopic (exact) mass is 264 g/mol. The summed E-state index contributed by atoms with van der Waals surface area (Å²) in [6, 6.07) is 4.28. The topological polar surface area (TPSA) is 84.7 Å². The van der Waals surface area contributed by atoms with Crippen molar-refractivity contribution in [3.63, 3.8) is 0 Å². The van der Waals surface area contributed by atoms with Crippen molar-refractivity contribution >= 4 is 17.5 Å². The van der Waals surface area contributed by atoms with E-state index in [1.165, 1.54) is 23.0 Å². The minimum Gasteiger partial charge on any atom is -0.382 e. The quantitative estimate of drug-likeness (QED) is 0.861. The van der Waals surface area contributed by atoms with Crippen molar-refractivity contribution in [2.45, 2.75) is 6.92 Å². The maximum absolute atomic E-state index is 13.7. The van der Waals surface area contributed by atoms with Crippen molar-refractivity contribution in [2.24, 2.45) is 7.05 Å². The number of carbonyl (C=O) groups excluding carboxylic acids is 1. The molecule has 2 N–H and O–H groups in total. The summed E-state index contributed by atoms with van der Waals surface area (Å²) in [5, 5.41) is 16.3. The van der Waals surface area contributed by atoms with Crippen LogP contribution in [-0.2, 0) is 7.05 Å². The molecule has 0 aliphatic rings. The third kappa shape index (κ3) is 2.84. The predicted octanol–water partition coefficient (Wildman–Crippen LogP) is 1.03. The van der Waals surface area contributed by atoms with Crippen molar-refractivity contribution in [3.8, 4) is 0 Å². The zero-order valence-electron chi connectivity index (χ0n) is 10.5. The Morgan fingerprint density at radius 3 is 2.89 bits per heavy atom. The number of aryl methyl sites for hydroxylation is 1. The zero-order chi connectivity index (χ0) is 13.8. The maximum atomic E-state index is 13.7. The molecule has 0 aliphatic carbocycles. The molecule has 1 amide bonds. The summed E-state index contributed by atoms with van der Waals surface area (Å²) in [7, 11) is 1.58. The molecule has 0 aliphatic heterocycles. The van der Waals surface area contributed by atoms with Crippen molar-refractivity contribution in [2.75, 3.05) is 17.2 Å². The van der Waals surface area contributed by atoms with Gasteiger partial charge in [-0.25, -0.2) is 4.39 Å². The van der Waals surface area contributed by atoms with Crippen LogP contribution in [-0.4, -0.2) is 32.7 Å². The highest BCUT2D eigenvalue weighted by Crippen LogP contribution is 2.20. The number of amides is 1. The molecule has 0 atom stereocenters. The van der Waals surface area contributed by atoms with E-state index in [0.717, 1.165) is 0 Å². The average molecular weight is 264 g/mol. The highest BCUT2D eigenvalue weighted by atomic mass is 19.1. The number of aromatic nitrogens is 4. The Labute approximate surface area is 108 Å². The third-order valence-electron chi connectivity index (χ3n) is 2.35. The van der Waals surface area contributed by atoms with Crippen LogP contribution >= 0.6 is 0 Å². The van der Waals surface area contributed by atoms with E-state index in [-0.39, 0.29) is 17.2 Å². The summed E-state index contributed by atoms with van der Waals surface area (Å²) in [5.74, 6) is -0.913. The fourth-order valence-corrected chi connectivity index (χ4v) is 1.57. The molecular formula is C11H13FN6O. The largest absolute Gasteiger partial charge is 0.382 e. The molecule has 0 bridgehead atoms. The Morgan fingerprint density at radius 2 is 2.26 bits per heavy atom. The highest BCUT2D eigenvalue weighted by Gasteiger charge is 2.16. The molecule has 2 aromatic rings.